The van der Waals surface area contributed by atoms with Gasteiger partial charge < -0.3 is 10.1 Å². The minimum absolute atomic E-state index is 0.493. The Balaban J connectivity index is 2.03. The highest BCUT2D eigenvalue weighted by molar-refractivity contribution is 7.99. The Hall–Kier alpha value is 0.270. The van der Waals surface area contributed by atoms with Gasteiger partial charge in [-0.3, -0.25) is 0 Å². The summed E-state index contributed by atoms with van der Waals surface area (Å²) in [6.07, 6.45) is 2.70. The third-order valence-corrected chi connectivity index (χ3v) is 3.71. The molecule has 1 fully saturated rings. The summed E-state index contributed by atoms with van der Waals surface area (Å²) >= 11 is 2.07. The van der Waals surface area contributed by atoms with Crippen molar-refractivity contribution in [3.8, 4) is 0 Å². The standard InChI is InChI=1S/C12H25NOS/c1-10(2)7-14-8-11(3)13-12-5-4-6-15-9-12/h10-13H,4-9H2,1-3H3/t11-,12+/m1/s1. The highest BCUT2D eigenvalue weighted by Gasteiger charge is 2.15. The molecule has 90 valence electrons. The van der Waals surface area contributed by atoms with Gasteiger partial charge in [0.2, 0.25) is 0 Å². The van der Waals surface area contributed by atoms with E-state index in [0.717, 1.165) is 13.2 Å². The number of hydrogen-bond donors (Lipinski definition) is 1. The Labute approximate surface area is 98.5 Å². The van der Waals surface area contributed by atoms with Crippen molar-refractivity contribution in [2.75, 3.05) is 24.7 Å². The maximum absolute atomic E-state index is 5.63. The molecule has 15 heavy (non-hydrogen) atoms. The first kappa shape index (κ1) is 13.3. The summed E-state index contributed by atoms with van der Waals surface area (Å²) in [6, 6.07) is 1.20. The monoisotopic (exact) mass is 231 g/mol. The van der Waals surface area contributed by atoms with Crippen LogP contribution in [0, 0.1) is 5.92 Å². The molecule has 0 radical (unpaired) electrons. The van der Waals surface area contributed by atoms with E-state index in [-0.39, 0.29) is 0 Å². The van der Waals surface area contributed by atoms with Gasteiger partial charge in [0.1, 0.15) is 0 Å². The van der Waals surface area contributed by atoms with Crippen molar-refractivity contribution in [3.63, 3.8) is 0 Å². The smallest absolute Gasteiger partial charge is 0.0617 e. The predicted octanol–water partition coefficient (Wildman–Crippen LogP) is 2.53. The molecule has 2 atom stereocenters. The summed E-state index contributed by atoms with van der Waals surface area (Å²) in [6.45, 7) is 8.33. The number of ether oxygens (including phenoxy) is 1. The van der Waals surface area contributed by atoms with Crippen LogP contribution < -0.4 is 5.32 Å². The van der Waals surface area contributed by atoms with Gasteiger partial charge in [0.25, 0.3) is 0 Å². The largest absolute Gasteiger partial charge is 0.380 e. The van der Waals surface area contributed by atoms with Gasteiger partial charge in [-0.1, -0.05) is 13.8 Å². The number of hydrogen-bond acceptors (Lipinski definition) is 3. The predicted molar refractivity (Wildman–Crippen MR) is 68.6 cm³/mol. The summed E-state index contributed by atoms with van der Waals surface area (Å²) in [5.74, 6) is 3.26. The van der Waals surface area contributed by atoms with Gasteiger partial charge in [-0.25, -0.2) is 0 Å². The molecule has 1 aliphatic rings. The van der Waals surface area contributed by atoms with Gasteiger partial charge in [0, 0.05) is 24.4 Å². The molecule has 0 aromatic carbocycles. The SMILES string of the molecule is CC(C)COC[C@@H](C)N[C@H]1CCCSC1. The molecule has 2 nitrogen and oxygen atoms in total. The molecule has 0 unspecified atom stereocenters. The molecule has 0 aliphatic carbocycles. The summed E-state index contributed by atoms with van der Waals surface area (Å²) in [5.41, 5.74) is 0. The van der Waals surface area contributed by atoms with E-state index < -0.39 is 0 Å². The van der Waals surface area contributed by atoms with E-state index in [1.165, 1.54) is 24.3 Å². The average Bonchev–Trinajstić information content (AvgIpc) is 2.18. The highest BCUT2D eigenvalue weighted by Crippen LogP contribution is 2.17. The minimum atomic E-state index is 0.493. The van der Waals surface area contributed by atoms with Gasteiger partial charge in [-0.15, -0.1) is 0 Å². The second-order valence-corrected chi connectivity index (χ2v) is 6.06. The minimum Gasteiger partial charge on any atom is -0.380 e. The van der Waals surface area contributed by atoms with E-state index in [1.807, 2.05) is 0 Å². The summed E-state index contributed by atoms with van der Waals surface area (Å²) in [5, 5.41) is 3.65. The van der Waals surface area contributed by atoms with E-state index in [2.05, 4.69) is 37.8 Å². The molecule has 3 heteroatoms. The van der Waals surface area contributed by atoms with E-state index in [4.69, 9.17) is 4.74 Å². The van der Waals surface area contributed by atoms with E-state index in [0.29, 0.717) is 18.0 Å². The molecule has 1 N–H and O–H groups in total. The van der Waals surface area contributed by atoms with Crippen LogP contribution in [0.3, 0.4) is 0 Å². The first-order chi connectivity index (χ1) is 7.18. The molecule has 1 saturated heterocycles. The van der Waals surface area contributed by atoms with Crippen molar-refractivity contribution < 1.29 is 4.74 Å². The number of rotatable bonds is 6. The van der Waals surface area contributed by atoms with Gasteiger partial charge >= 0.3 is 0 Å². The van der Waals surface area contributed by atoms with Gasteiger partial charge in [-0.05, 0) is 31.4 Å². The van der Waals surface area contributed by atoms with Crippen LogP contribution in [0.5, 0.6) is 0 Å². The molecule has 0 spiro atoms. The lowest BCUT2D eigenvalue weighted by atomic mass is 10.1. The topological polar surface area (TPSA) is 21.3 Å². The molecule has 0 aromatic rings. The second kappa shape index (κ2) is 7.53. The van der Waals surface area contributed by atoms with Crippen molar-refractivity contribution in [1.29, 1.82) is 0 Å². The van der Waals surface area contributed by atoms with Crippen molar-refractivity contribution in [1.82, 2.24) is 5.32 Å². The van der Waals surface area contributed by atoms with Gasteiger partial charge in [0.05, 0.1) is 6.61 Å². The molecule has 1 aliphatic heterocycles. The quantitative estimate of drug-likeness (QED) is 0.759. The molecule has 0 amide bonds. The fourth-order valence-corrected chi connectivity index (χ4v) is 2.89. The first-order valence-corrected chi connectivity index (χ1v) is 7.25. The fourth-order valence-electron chi connectivity index (χ4n) is 1.80. The molecule has 0 saturated carbocycles. The first-order valence-electron chi connectivity index (χ1n) is 6.10. The Kier molecular flexibility index (Phi) is 6.69. The fraction of sp³-hybridized carbons (Fsp3) is 1.00. The normalized spacial score (nSPS) is 24.4. The van der Waals surface area contributed by atoms with Crippen LogP contribution in [0.2, 0.25) is 0 Å². The molecule has 1 rings (SSSR count). The van der Waals surface area contributed by atoms with E-state index >= 15 is 0 Å². The zero-order valence-corrected chi connectivity index (χ0v) is 11.1. The lowest BCUT2D eigenvalue weighted by molar-refractivity contribution is 0.0913. The number of nitrogens with one attached hydrogen (secondary N) is 1. The van der Waals surface area contributed by atoms with Crippen LogP contribution >= 0.6 is 11.8 Å². The zero-order valence-electron chi connectivity index (χ0n) is 10.3. The second-order valence-electron chi connectivity index (χ2n) is 4.91. The van der Waals surface area contributed by atoms with Crippen LogP contribution in [-0.4, -0.2) is 36.8 Å². The Morgan fingerprint density at radius 1 is 1.33 bits per heavy atom. The molecular formula is C12H25NOS. The van der Waals surface area contributed by atoms with E-state index in [9.17, 15) is 0 Å². The third-order valence-electron chi connectivity index (χ3n) is 2.50. The Bertz CT molecular complexity index is 158. The van der Waals surface area contributed by atoms with Crippen LogP contribution in [0.4, 0.5) is 0 Å². The van der Waals surface area contributed by atoms with Crippen LogP contribution in [-0.2, 0) is 4.74 Å². The highest BCUT2D eigenvalue weighted by atomic mass is 32.2. The van der Waals surface area contributed by atoms with E-state index in [1.54, 1.807) is 0 Å². The van der Waals surface area contributed by atoms with Crippen molar-refractivity contribution in [3.05, 3.63) is 0 Å². The maximum Gasteiger partial charge on any atom is 0.0617 e. The third kappa shape index (κ3) is 6.44. The molecule has 0 bridgehead atoms. The molecule has 0 aromatic heterocycles. The van der Waals surface area contributed by atoms with Gasteiger partial charge in [0.15, 0.2) is 0 Å². The van der Waals surface area contributed by atoms with Gasteiger partial charge in [-0.2, -0.15) is 11.8 Å². The Morgan fingerprint density at radius 3 is 2.73 bits per heavy atom. The zero-order chi connectivity index (χ0) is 11.1. The summed E-state index contributed by atoms with van der Waals surface area (Å²) < 4.78 is 5.63. The van der Waals surface area contributed by atoms with Crippen LogP contribution in [0.15, 0.2) is 0 Å². The summed E-state index contributed by atoms with van der Waals surface area (Å²) in [4.78, 5) is 0. The lowest BCUT2D eigenvalue weighted by Crippen LogP contribution is -2.42. The Morgan fingerprint density at radius 2 is 2.13 bits per heavy atom. The summed E-state index contributed by atoms with van der Waals surface area (Å²) in [7, 11) is 0. The molecule has 1 heterocycles. The molecular weight excluding hydrogens is 206 g/mol. The maximum atomic E-state index is 5.63. The average molecular weight is 231 g/mol. The number of thioether (sulfide) groups is 1. The van der Waals surface area contributed by atoms with Crippen molar-refractivity contribution in [2.45, 2.75) is 45.7 Å². The van der Waals surface area contributed by atoms with Crippen molar-refractivity contribution in [2.24, 2.45) is 5.92 Å². The van der Waals surface area contributed by atoms with Crippen molar-refractivity contribution >= 4 is 11.8 Å². The van der Waals surface area contributed by atoms with Crippen LogP contribution in [0.25, 0.3) is 0 Å². The lowest BCUT2D eigenvalue weighted by Gasteiger charge is -2.26. The van der Waals surface area contributed by atoms with Crippen LogP contribution in [0.1, 0.15) is 33.6 Å².